The first-order valence-electron chi connectivity index (χ1n) is 19.6. The number of phosphoric acid groups is 1. The Kier molecular flexibility index (Phi) is 33.6. The zero-order valence-electron chi connectivity index (χ0n) is 31.7. The molecule has 0 aliphatic carbocycles. The van der Waals surface area contributed by atoms with E-state index in [1.807, 2.05) is 18.2 Å². The molecule has 0 unspecified atom stereocenters. The molecule has 0 aliphatic heterocycles. The number of carbonyl (C=O) groups is 2. The molecule has 11 heteroatoms. The Balaban J connectivity index is 4.22. The molecule has 0 spiro atoms. The summed E-state index contributed by atoms with van der Waals surface area (Å²) in [5.41, 5.74) is 0. The Morgan fingerprint density at radius 2 is 1.06 bits per heavy atom. The number of allylic oxidation sites excluding steroid dienone is 7. The molecule has 0 aromatic heterocycles. The number of rotatable bonds is 35. The molecule has 0 amide bonds. The summed E-state index contributed by atoms with van der Waals surface area (Å²) in [4.78, 5) is 42.8. The number of phosphoric ester groups is 1. The summed E-state index contributed by atoms with van der Waals surface area (Å²) in [5.74, 6) is -1.17. The summed E-state index contributed by atoms with van der Waals surface area (Å²) < 4.78 is 26.2. The van der Waals surface area contributed by atoms with Crippen LogP contribution in [-0.4, -0.2) is 63.5 Å². The summed E-state index contributed by atoms with van der Waals surface area (Å²) >= 11 is 0. The Bertz CT molecular complexity index is 1000. The van der Waals surface area contributed by atoms with Gasteiger partial charge < -0.3 is 29.5 Å². The molecule has 3 atom stereocenters. The number of aliphatic hydroxyl groups is 2. The molecule has 0 fully saturated rings. The Labute approximate surface area is 309 Å². The first-order chi connectivity index (χ1) is 24.6. The fourth-order valence-electron chi connectivity index (χ4n) is 5.28. The van der Waals surface area contributed by atoms with E-state index >= 15 is 0 Å². The normalized spacial score (nSPS) is 14.2. The fourth-order valence-corrected chi connectivity index (χ4v) is 5.64. The molecule has 0 aromatic carbocycles. The molecular formula is C40H71O10P. The first-order valence-corrected chi connectivity index (χ1v) is 21.1. The molecule has 10 nitrogen and oxygen atoms in total. The summed E-state index contributed by atoms with van der Waals surface area (Å²) in [6, 6.07) is 0. The van der Waals surface area contributed by atoms with E-state index in [9.17, 15) is 24.4 Å². The number of esters is 2. The van der Waals surface area contributed by atoms with Crippen molar-refractivity contribution in [1.29, 1.82) is 0 Å². The minimum absolute atomic E-state index is 0.104. The van der Waals surface area contributed by atoms with E-state index in [2.05, 4.69) is 48.8 Å². The minimum Gasteiger partial charge on any atom is -0.462 e. The number of aliphatic hydroxyl groups excluding tert-OH is 2. The van der Waals surface area contributed by atoms with E-state index in [0.29, 0.717) is 6.42 Å². The maximum atomic E-state index is 12.4. The molecule has 0 radical (unpaired) electrons. The van der Waals surface area contributed by atoms with Crippen LogP contribution in [0.3, 0.4) is 0 Å². The molecule has 0 saturated heterocycles. The van der Waals surface area contributed by atoms with Crippen LogP contribution in [0, 0.1) is 0 Å². The Morgan fingerprint density at radius 3 is 1.57 bits per heavy atom. The lowest BCUT2D eigenvalue weighted by Gasteiger charge is -2.19. The quantitative estimate of drug-likeness (QED) is 0.0213. The summed E-state index contributed by atoms with van der Waals surface area (Å²) in [6.45, 7) is 3.32. The smallest absolute Gasteiger partial charge is 0.462 e. The lowest BCUT2D eigenvalue weighted by atomic mass is 10.0. The lowest BCUT2D eigenvalue weighted by Crippen LogP contribution is -2.30. The Morgan fingerprint density at radius 1 is 0.588 bits per heavy atom. The van der Waals surface area contributed by atoms with Crippen molar-refractivity contribution in [3.8, 4) is 0 Å². The van der Waals surface area contributed by atoms with Gasteiger partial charge in [0.2, 0.25) is 0 Å². The van der Waals surface area contributed by atoms with Crippen LogP contribution in [-0.2, 0) is 28.2 Å². The van der Waals surface area contributed by atoms with Gasteiger partial charge in [-0.1, -0.05) is 146 Å². The molecule has 0 aliphatic rings. The monoisotopic (exact) mass is 742 g/mol. The molecule has 296 valence electrons. The van der Waals surface area contributed by atoms with Crippen LogP contribution in [0.5, 0.6) is 0 Å². The van der Waals surface area contributed by atoms with Gasteiger partial charge in [-0.05, 0) is 51.4 Å². The van der Waals surface area contributed by atoms with Crippen LogP contribution in [0.15, 0.2) is 48.6 Å². The van der Waals surface area contributed by atoms with Gasteiger partial charge in [-0.25, -0.2) is 4.57 Å². The maximum Gasteiger partial charge on any atom is 0.469 e. The first kappa shape index (κ1) is 48.9. The third-order valence-corrected chi connectivity index (χ3v) is 8.80. The van der Waals surface area contributed by atoms with Crippen molar-refractivity contribution in [1.82, 2.24) is 0 Å². The van der Waals surface area contributed by atoms with E-state index in [1.54, 1.807) is 0 Å². The largest absolute Gasteiger partial charge is 0.469 e. The van der Waals surface area contributed by atoms with E-state index in [4.69, 9.17) is 19.3 Å². The summed E-state index contributed by atoms with van der Waals surface area (Å²) in [7, 11) is -4.83. The third kappa shape index (κ3) is 36.1. The van der Waals surface area contributed by atoms with E-state index in [-0.39, 0.29) is 38.7 Å². The van der Waals surface area contributed by atoms with Gasteiger partial charge in [-0.3, -0.25) is 14.1 Å². The highest BCUT2D eigenvalue weighted by Crippen LogP contribution is 2.36. The van der Waals surface area contributed by atoms with E-state index in [1.165, 1.54) is 64.2 Å². The lowest BCUT2D eigenvalue weighted by molar-refractivity contribution is -0.161. The van der Waals surface area contributed by atoms with E-state index < -0.39 is 44.7 Å². The van der Waals surface area contributed by atoms with Crippen LogP contribution in [0.2, 0.25) is 0 Å². The molecule has 51 heavy (non-hydrogen) atoms. The second kappa shape index (κ2) is 35.0. The molecule has 0 bridgehead atoms. The van der Waals surface area contributed by atoms with Crippen LogP contribution in [0.4, 0.5) is 0 Å². The zero-order chi connectivity index (χ0) is 37.8. The predicted molar refractivity (Wildman–Crippen MR) is 205 cm³/mol. The average Bonchev–Trinajstić information content (AvgIpc) is 3.09. The number of ether oxygens (including phenoxy) is 2. The second-order valence-electron chi connectivity index (χ2n) is 13.2. The highest BCUT2D eigenvalue weighted by Gasteiger charge is 2.23. The summed E-state index contributed by atoms with van der Waals surface area (Å²) in [6.07, 6.45) is 34.3. The van der Waals surface area contributed by atoms with Gasteiger partial charge >= 0.3 is 19.8 Å². The molecular weight excluding hydrogens is 671 g/mol. The highest BCUT2D eigenvalue weighted by atomic mass is 31.2. The SMILES string of the molecule is CC/C=C\C/C=C\C/C=C\C/C=C\C[C@@H](O)[C@H](O)CCCC(=O)O[C@H](COC(=O)CCCCCCCCCCCCCCCC)COP(=O)(O)O. The zero-order valence-corrected chi connectivity index (χ0v) is 32.6. The van der Waals surface area contributed by atoms with Gasteiger partial charge in [0.25, 0.3) is 0 Å². The number of hydrogen-bond acceptors (Lipinski definition) is 8. The van der Waals surface area contributed by atoms with Crippen molar-refractivity contribution in [2.45, 2.75) is 180 Å². The van der Waals surface area contributed by atoms with Gasteiger partial charge in [-0.15, -0.1) is 0 Å². The molecule has 0 rings (SSSR count). The molecule has 4 N–H and O–H groups in total. The maximum absolute atomic E-state index is 12.4. The van der Waals surface area contributed by atoms with Crippen LogP contribution in [0.25, 0.3) is 0 Å². The molecule has 0 saturated carbocycles. The highest BCUT2D eigenvalue weighted by molar-refractivity contribution is 7.46. The van der Waals surface area contributed by atoms with Crippen molar-refractivity contribution in [3.05, 3.63) is 48.6 Å². The third-order valence-electron chi connectivity index (χ3n) is 8.31. The second-order valence-corrected chi connectivity index (χ2v) is 14.4. The van der Waals surface area contributed by atoms with Gasteiger partial charge in [0.15, 0.2) is 6.10 Å². The fraction of sp³-hybridized carbons (Fsp3) is 0.750. The van der Waals surface area contributed by atoms with Gasteiger partial charge in [0.1, 0.15) is 6.61 Å². The topological polar surface area (TPSA) is 160 Å². The molecule has 0 aromatic rings. The van der Waals surface area contributed by atoms with Crippen LogP contribution in [0.1, 0.15) is 162 Å². The van der Waals surface area contributed by atoms with Crippen molar-refractivity contribution in [2.75, 3.05) is 13.2 Å². The number of hydrogen-bond donors (Lipinski definition) is 4. The predicted octanol–water partition coefficient (Wildman–Crippen LogP) is 9.51. The van der Waals surface area contributed by atoms with Gasteiger partial charge in [0.05, 0.1) is 18.8 Å². The minimum atomic E-state index is -4.83. The van der Waals surface area contributed by atoms with Gasteiger partial charge in [-0.2, -0.15) is 0 Å². The average molecular weight is 743 g/mol. The van der Waals surface area contributed by atoms with Crippen molar-refractivity contribution in [2.24, 2.45) is 0 Å². The number of carbonyl (C=O) groups excluding carboxylic acids is 2. The summed E-state index contributed by atoms with van der Waals surface area (Å²) in [5, 5.41) is 20.5. The Hall–Kier alpha value is -2.07. The van der Waals surface area contributed by atoms with Crippen molar-refractivity contribution < 1.29 is 48.2 Å². The van der Waals surface area contributed by atoms with Crippen molar-refractivity contribution in [3.63, 3.8) is 0 Å². The number of unbranched alkanes of at least 4 members (excludes halogenated alkanes) is 13. The van der Waals surface area contributed by atoms with E-state index in [0.717, 1.165) is 44.9 Å². The standard InChI is InChI=1S/C40H71O10P/c1-3-5-7-9-11-13-15-17-18-20-22-24-26-28-32-39(43)48-34-36(35-49-51(45,46)47)50-40(44)33-29-31-38(42)37(41)30-27-25-23-21-19-16-14-12-10-8-6-4-2/h6,8,12,14,19,21,25,27,36-38,41-42H,3-5,7,9-11,13,15-18,20,22-24,26,28-35H2,1-2H3,(H2,45,46,47)/b8-6-,14-12-,21-19-,27-25-/t36-,37-,38-/m1/s1. The van der Waals surface area contributed by atoms with Gasteiger partial charge in [0, 0.05) is 12.8 Å². The van der Waals surface area contributed by atoms with Crippen molar-refractivity contribution >= 4 is 19.8 Å². The molecule has 0 heterocycles. The van der Waals surface area contributed by atoms with Crippen LogP contribution < -0.4 is 0 Å². The van der Waals surface area contributed by atoms with Crippen LogP contribution >= 0.6 is 7.82 Å².